The summed E-state index contributed by atoms with van der Waals surface area (Å²) in [5, 5.41) is 17.1. The van der Waals surface area contributed by atoms with Crippen LogP contribution in [0.5, 0.6) is 0 Å². The molecule has 0 amide bonds. The zero-order valence-corrected chi connectivity index (χ0v) is 13.7. The van der Waals surface area contributed by atoms with Crippen LogP contribution in [0.3, 0.4) is 0 Å². The van der Waals surface area contributed by atoms with Crippen molar-refractivity contribution in [3.8, 4) is 0 Å². The van der Waals surface area contributed by atoms with E-state index in [4.69, 9.17) is 10.2 Å². The Morgan fingerprint density at radius 1 is 0.737 bits per heavy atom. The van der Waals surface area contributed by atoms with Gasteiger partial charge in [-0.1, -0.05) is 45.2 Å². The van der Waals surface area contributed by atoms with Crippen molar-refractivity contribution in [2.75, 3.05) is 13.2 Å². The maximum atomic E-state index is 13.3. The van der Waals surface area contributed by atoms with Crippen LogP contribution in [0.4, 0.5) is 26.3 Å². The smallest absolute Gasteiger partial charge is 0.371 e. The molecule has 116 valence electrons. The highest BCUT2D eigenvalue weighted by molar-refractivity contribution is 14.1. The van der Waals surface area contributed by atoms with Gasteiger partial charge in [0.15, 0.2) is 0 Å². The van der Waals surface area contributed by atoms with Crippen molar-refractivity contribution in [1.82, 2.24) is 0 Å². The van der Waals surface area contributed by atoms with Crippen molar-refractivity contribution in [1.29, 1.82) is 0 Å². The monoisotopic (exact) mass is 520 g/mol. The van der Waals surface area contributed by atoms with Crippen LogP contribution >= 0.6 is 45.2 Å². The first-order chi connectivity index (χ1) is 8.41. The molecule has 0 aliphatic rings. The van der Waals surface area contributed by atoms with E-state index in [1.165, 1.54) is 45.2 Å². The van der Waals surface area contributed by atoms with Gasteiger partial charge in [-0.15, -0.1) is 0 Å². The molecule has 0 aromatic carbocycles. The Kier molecular flexibility index (Phi) is 7.66. The maximum Gasteiger partial charge on any atom is 0.371 e. The van der Waals surface area contributed by atoms with Crippen LogP contribution in [0, 0.1) is 0 Å². The van der Waals surface area contributed by atoms with E-state index in [2.05, 4.69) is 0 Å². The molecule has 2 atom stereocenters. The van der Waals surface area contributed by atoms with Gasteiger partial charge in [-0.25, -0.2) is 0 Å². The van der Waals surface area contributed by atoms with Crippen LogP contribution < -0.4 is 0 Å². The number of alkyl halides is 8. The van der Waals surface area contributed by atoms with Crippen molar-refractivity contribution >= 4 is 45.2 Å². The molecular formula is C9H12F6I2O2. The summed E-state index contributed by atoms with van der Waals surface area (Å²) in [5.74, 6) is -15.4. The third kappa shape index (κ3) is 5.02. The Labute approximate surface area is 133 Å². The molecule has 2 nitrogen and oxygen atoms in total. The fourth-order valence-corrected chi connectivity index (χ4v) is 2.32. The predicted molar refractivity (Wildman–Crippen MR) is 73.9 cm³/mol. The molecule has 0 saturated carbocycles. The highest BCUT2D eigenvalue weighted by Crippen LogP contribution is 2.50. The van der Waals surface area contributed by atoms with Crippen molar-refractivity contribution in [3.05, 3.63) is 0 Å². The van der Waals surface area contributed by atoms with Crippen LogP contribution in [0.15, 0.2) is 0 Å². The van der Waals surface area contributed by atoms with Gasteiger partial charge in [0.1, 0.15) is 0 Å². The van der Waals surface area contributed by atoms with Gasteiger partial charge in [-0.05, 0) is 0 Å². The standard InChI is InChI=1S/C9H12F6I2O2/c10-7(11,1-5(16)3-18)9(14,15)8(12,13)2-6(17)4-19/h5-6,18-19H,1-4H2. The second kappa shape index (κ2) is 7.29. The average molecular weight is 520 g/mol. The number of hydrogen-bond acceptors (Lipinski definition) is 2. The van der Waals surface area contributed by atoms with Gasteiger partial charge in [0.2, 0.25) is 0 Å². The molecule has 10 heteroatoms. The summed E-state index contributed by atoms with van der Waals surface area (Å²) >= 11 is 2.56. The molecule has 0 aliphatic heterocycles. The molecule has 0 aliphatic carbocycles. The lowest BCUT2D eigenvalue weighted by Crippen LogP contribution is -2.55. The average Bonchev–Trinajstić information content (AvgIpc) is 2.26. The van der Waals surface area contributed by atoms with E-state index in [0.717, 1.165) is 0 Å². The summed E-state index contributed by atoms with van der Waals surface area (Å²) in [6.07, 6.45) is -3.12. The Hall–Kier alpha value is 0.960. The van der Waals surface area contributed by atoms with Crippen LogP contribution in [0.25, 0.3) is 0 Å². The minimum Gasteiger partial charge on any atom is -0.395 e. The molecule has 2 N–H and O–H groups in total. The molecular weight excluding hydrogens is 508 g/mol. The molecule has 0 aromatic rings. The predicted octanol–water partition coefficient (Wildman–Crippen LogP) is 3.26. The molecule has 0 rings (SSSR count). The van der Waals surface area contributed by atoms with E-state index < -0.39 is 51.7 Å². The Balaban J connectivity index is 5.10. The van der Waals surface area contributed by atoms with Gasteiger partial charge in [-0.3, -0.25) is 0 Å². The SMILES string of the molecule is OCC(I)CC(F)(F)C(F)(F)C(F)(F)CC(I)CO. The molecule has 2 unspecified atom stereocenters. The molecule has 0 heterocycles. The first-order valence-electron chi connectivity index (χ1n) is 5.04. The van der Waals surface area contributed by atoms with E-state index in [1.54, 1.807) is 0 Å². The minimum absolute atomic E-state index is 0.816. The lowest BCUT2D eigenvalue weighted by Gasteiger charge is -2.34. The number of aliphatic hydroxyl groups is 2. The summed E-state index contributed by atoms with van der Waals surface area (Å²) in [6.45, 7) is -1.63. The number of aliphatic hydroxyl groups excluding tert-OH is 2. The second-order valence-corrected chi connectivity index (χ2v) is 7.47. The maximum absolute atomic E-state index is 13.3. The van der Waals surface area contributed by atoms with E-state index in [-0.39, 0.29) is 0 Å². The van der Waals surface area contributed by atoms with Crippen molar-refractivity contribution in [3.63, 3.8) is 0 Å². The first kappa shape index (κ1) is 20.0. The summed E-state index contributed by atoms with van der Waals surface area (Å²) in [7, 11) is 0. The zero-order valence-electron chi connectivity index (χ0n) is 9.40. The van der Waals surface area contributed by atoms with Gasteiger partial charge in [0.05, 0.1) is 13.2 Å². The molecule has 0 bridgehead atoms. The zero-order chi connectivity index (χ0) is 15.5. The molecule has 0 saturated heterocycles. The van der Waals surface area contributed by atoms with Gasteiger partial charge in [-0.2, -0.15) is 26.3 Å². The normalized spacial score (nSPS) is 17.4. The fourth-order valence-electron chi connectivity index (χ4n) is 1.21. The van der Waals surface area contributed by atoms with Gasteiger partial charge in [0.25, 0.3) is 0 Å². The van der Waals surface area contributed by atoms with E-state index in [1.807, 2.05) is 0 Å². The molecule has 0 spiro atoms. The number of hydrogen-bond donors (Lipinski definition) is 2. The Morgan fingerprint density at radius 2 is 1.00 bits per heavy atom. The Morgan fingerprint density at radius 3 is 1.21 bits per heavy atom. The Bertz CT molecular complexity index is 264. The molecule has 19 heavy (non-hydrogen) atoms. The van der Waals surface area contributed by atoms with Gasteiger partial charge < -0.3 is 10.2 Å². The molecule has 0 aromatic heterocycles. The molecule has 0 radical (unpaired) electrons. The van der Waals surface area contributed by atoms with E-state index in [9.17, 15) is 26.3 Å². The van der Waals surface area contributed by atoms with Crippen molar-refractivity contribution < 1.29 is 36.6 Å². The van der Waals surface area contributed by atoms with Crippen LogP contribution in [0.1, 0.15) is 12.8 Å². The highest BCUT2D eigenvalue weighted by Gasteiger charge is 2.71. The summed E-state index contributed by atoms with van der Waals surface area (Å²) in [4.78, 5) is 0. The quantitative estimate of drug-likeness (QED) is 0.294. The highest BCUT2D eigenvalue weighted by atomic mass is 127. The van der Waals surface area contributed by atoms with Gasteiger partial charge in [0, 0.05) is 20.7 Å². The van der Waals surface area contributed by atoms with E-state index in [0.29, 0.717) is 0 Å². The summed E-state index contributed by atoms with van der Waals surface area (Å²) < 4.78 is 77.2. The first-order valence-corrected chi connectivity index (χ1v) is 7.53. The number of halogens is 8. The third-order valence-corrected chi connectivity index (χ3v) is 3.94. The topological polar surface area (TPSA) is 40.5 Å². The van der Waals surface area contributed by atoms with Crippen molar-refractivity contribution in [2.24, 2.45) is 0 Å². The third-order valence-electron chi connectivity index (χ3n) is 2.27. The largest absolute Gasteiger partial charge is 0.395 e. The minimum atomic E-state index is -5.54. The van der Waals surface area contributed by atoms with E-state index >= 15 is 0 Å². The van der Waals surface area contributed by atoms with Crippen molar-refractivity contribution in [2.45, 2.75) is 38.5 Å². The van der Waals surface area contributed by atoms with Crippen LogP contribution in [-0.4, -0.2) is 49.0 Å². The number of rotatable bonds is 8. The second-order valence-electron chi connectivity index (χ2n) is 3.95. The fraction of sp³-hybridized carbons (Fsp3) is 1.00. The van der Waals surface area contributed by atoms with Gasteiger partial charge >= 0.3 is 17.8 Å². The lowest BCUT2D eigenvalue weighted by atomic mass is 9.97. The van der Waals surface area contributed by atoms with Crippen LogP contribution in [0.2, 0.25) is 0 Å². The lowest BCUT2D eigenvalue weighted by molar-refractivity contribution is -0.311. The summed E-state index contributed by atoms with van der Waals surface area (Å²) in [6, 6.07) is 0. The van der Waals surface area contributed by atoms with Crippen LogP contribution in [-0.2, 0) is 0 Å². The summed E-state index contributed by atoms with van der Waals surface area (Å²) in [5.41, 5.74) is 0. The molecule has 0 fully saturated rings.